The summed E-state index contributed by atoms with van der Waals surface area (Å²) in [5, 5.41) is 3.72. The third-order valence-corrected chi connectivity index (χ3v) is 2.57. The summed E-state index contributed by atoms with van der Waals surface area (Å²) in [5.41, 5.74) is 0. The van der Waals surface area contributed by atoms with Gasteiger partial charge in [0, 0.05) is 17.8 Å². The molecule has 0 saturated heterocycles. The maximum Gasteiger partial charge on any atom is 0.223 e. The monoisotopic (exact) mass is 219 g/mol. The van der Waals surface area contributed by atoms with Crippen LogP contribution in [-0.4, -0.2) is 17.8 Å². The van der Waals surface area contributed by atoms with Crippen molar-refractivity contribution in [1.29, 1.82) is 0 Å². The molecule has 2 nitrogen and oxygen atoms in total. The Labute approximate surface area is 75.9 Å². The highest BCUT2D eigenvalue weighted by Crippen LogP contribution is 2.40. The van der Waals surface area contributed by atoms with Gasteiger partial charge in [-0.05, 0) is 12.3 Å². The van der Waals surface area contributed by atoms with Crippen molar-refractivity contribution in [1.82, 2.24) is 5.32 Å². The van der Waals surface area contributed by atoms with Crippen LogP contribution in [-0.2, 0) is 4.79 Å². The second kappa shape index (κ2) is 4.10. The number of nitrogens with one attached hydrogen (secondary N) is 1. The van der Waals surface area contributed by atoms with E-state index in [1.807, 2.05) is 0 Å². The topological polar surface area (TPSA) is 29.1 Å². The van der Waals surface area contributed by atoms with Crippen LogP contribution in [0.1, 0.15) is 19.8 Å². The molecule has 3 heteroatoms. The molecule has 0 aromatic rings. The fourth-order valence-electron chi connectivity index (χ4n) is 1.32. The molecule has 0 bridgehead atoms. The molecule has 1 N–H and O–H groups in total. The largest absolute Gasteiger partial charge is 0.355 e. The summed E-state index contributed by atoms with van der Waals surface area (Å²) < 4.78 is 0. The van der Waals surface area contributed by atoms with Gasteiger partial charge in [-0.2, -0.15) is 0 Å². The maximum absolute atomic E-state index is 11.2. The molecular weight excluding hydrogens is 206 g/mol. The molecule has 1 fully saturated rings. The Bertz CT molecular complexity index is 149. The third-order valence-electron chi connectivity index (χ3n) is 2.18. The van der Waals surface area contributed by atoms with Gasteiger partial charge in [-0.1, -0.05) is 29.3 Å². The standard InChI is InChI=1S/C8H14BrNO/c1-2-6-5-7(6)8(11)10-4-3-9/h6-7H,2-5H2,1H3,(H,10,11)/t6-,7-/m1/s1. The zero-order chi connectivity index (χ0) is 8.27. The molecule has 0 aromatic heterocycles. The van der Waals surface area contributed by atoms with E-state index < -0.39 is 0 Å². The van der Waals surface area contributed by atoms with E-state index in [1.54, 1.807) is 0 Å². The number of carbonyl (C=O) groups excluding carboxylic acids is 1. The fourth-order valence-corrected chi connectivity index (χ4v) is 1.52. The van der Waals surface area contributed by atoms with Gasteiger partial charge in [-0.25, -0.2) is 0 Å². The van der Waals surface area contributed by atoms with Gasteiger partial charge in [-0.3, -0.25) is 4.79 Å². The van der Waals surface area contributed by atoms with Gasteiger partial charge in [0.2, 0.25) is 5.91 Å². The van der Waals surface area contributed by atoms with E-state index >= 15 is 0 Å². The lowest BCUT2D eigenvalue weighted by Gasteiger charge is -2.00. The van der Waals surface area contributed by atoms with Crippen LogP contribution in [0.15, 0.2) is 0 Å². The van der Waals surface area contributed by atoms with E-state index in [2.05, 4.69) is 28.2 Å². The van der Waals surface area contributed by atoms with Crippen molar-refractivity contribution in [2.75, 3.05) is 11.9 Å². The Morgan fingerprint density at radius 1 is 1.73 bits per heavy atom. The minimum atomic E-state index is 0.247. The number of rotatable bonds is 4. The molecule has 1 aliphatic rings. The zero-order valence-electron chi connectivity index (χ0n) is 6.77. The van der Waals surface area contributed by atoms with E-state index in [9.17, 15) is 4.79 Å². The average molecular weight is 220 g/mol. The molecule has 0 spiro atoms. The number of carbonyl (C=O) groups is 1. The van der Waals surface area contributed by atoms with Gasteiger partial charge >= 0.3 is 0 Å². The molecule has 11 heavy (non-hydrogen) atoms. The normalized spacial score (nSPS) is 28.2. The van der Waals surface area contributed by atoms with E-state index in [0.29, 0.717) is 11.8 Å². The van der Waals surface area contributed by atoms with E-state index in [1.165, 1.54) is 0 Å². The lowest BCUT2D eigenvalue weighted by atomic mass is 10.2. The number of amides is 1. The lowest BCUT2D eigenvalue weighted by molar-refractivity contribution is -0.122. The maximum atomic E-state index is 11.2. The van der Waals surface area contributed by atoms with Crippen molar-refractivity contribution in [3.8, 4) is 0 Å². The zero-order valence-corrected chi connectivity index (χ0v) is 8.36. The molecule has 0 heterocycles. The van der Waals surface area contributed by atoms with Crippen molar-refractivity contribution in [3.05, 3.63) is 0 Å². The summed E-state index contributed by atoms with van der Waals surface area (Å²) in [6, 6.07) is 0. The van der Waals surface area contributed by atoms with Crippen LogP contribution in [0, 0.1) is 11.8 Å². The predicted molar refractivity (Wildman–Crippen MR) is 48.7 cm³/mol. The fraction of sp³-hybridized carbons (Fsp3) is 0.875. The average Bonchev–Trinajstić information content (AvgIpc) is 2.78. The van der Waals surface area contributed by atoms with Crippen LogP contribution in [0.3, 0.4) is 0 Å². The van der Waals surface area contributed by atoms with Crippen LogP contribution in [0.4, 0.5) is 0 Å². The molecule has 0 radical (unpaired) electrons. The van der Waals surface area contributed by atoms with Gasteiger partial charge in [0.25, 0.3) is 0 Å². The van der Waals surface area contributed by atoms with Crippen LogP contribution in [0.25, 0.3) is 0 Å². The SMILES string of the molecule is CC[C@@H]1C[C@H]1C(=O)NCCBr. The smallest absolute Gasteiger partial charge is 0.223 e. The van der Waals surface area contributed by atoms with E-state index in [0.717, 1.165) is 24.7 Å². The molecule has 2 atom stereocenters. The van der Waals surface area contributed by atoms with Crippen LogP contribution in [0.5, 0.6) is 0 Å². The quantitative estimate of drug-likeness (QED) is 0.715. The second-order valence-electron chi connectivity index (χ2n) is 2.99. The van der Waals surface area contributed by atoms with Gasteiger partial charge in [0.1, 0.15) is 0 Å². The molecule has 0 aromatic carbocycles. The molecule has 1 saturated carbocycles. The highest BCUT2D eigenvalue weighted by atomic mass is 79.9. The van der Waals surface area contributed by atoms with Gasteiger partial charge in [0.05, 0.1) is 0 Å². The first-order valence-electron chi connectivity index (χ1n) is 4.13. The molecule has 64 valence electrons. The molecular formula is C8H14BrNO. The van der Waals surface area contributed by atoms with Crippen molar-refractivity contribution >= 4 is 21.8 Å². The summed E-state index contributed by atoms with van der Waals surface area (Å²) in [6.07, 6.45) is 2.25. The van der Waals surface area contributed by atoms with E-state index in [-0.39, 0.29) is 5.91 Å². The Morgan fingerprint density at radius 3 is 2.91 bits per heavy atom. The Kier molecular flexibility index (Phi) is 3.37. The molecule has 1 rings (SSSR count). The van der Waals surface area contributed by atoms with Crippen LogP contribution < -0.4 is 5.32 Å². The third kappa shape index (κ3) is 2.47. The second-order valence-corrected chi connectivity index (χ2v) is 3.78. The van der Waals surface area contributed by atoms with Gasteiger partial charge in [-0.15, -0.1) is 0 Å². The molecule has 0 aliphatic heterocycles. The first kappa shape index (κ1) is 9.04. The Hall–Kier alpha value is -0.0500. The van der Waals surface area contributed by atoms with Crippen LogP contribution in [0.2, 0.25) is 0 Å². The minimum Gasteiger partial charge on any atom is -0.355 e. The molecule has 1 amide bonds. The summed E-state index contributed by atoms with van der Waals surface area (Å²) in [5.74, 6) is 1.25. The highest BCUT2D eigenvalue weighted by molar-refractivity contribution is 9.09. The lowest BCUT2D eigenvalue weighted by Crippen LogP contribution is -2.27. The highest BCUT2D eigenvalue weighted by Gasteiger charge is 2.40. The number of hydrogen-bond acceptors (Lipinski definition) is 1. The predicted octanol–water partition coefficient (Wildman–Crippen LogP) is 1.54. The minimum absolute atomic E-state index is 0.247. The Morgan fingerprint density at radius 2 is 2.45 bits per heavy atom. The number of halogens is 1. The van der Waals surface area contributed by atoms with E-state index in [4.69, 9.17) is 0 Å². The number of hydrogen-bond donors (Lipinski definition) is 1. The summed E-state index contributed by atoms with van der Waals surface area (Å²) in [6.45, 7) is 2.90. The summed E-state index contributed by atoms with van der Waals surface area (Å²) in [4.78, 5) is 11.2. The summed E-state index contributed by atoms with van der Waals surface area (Å²) in [7, 11) is 0. The molecule has 0 unspecified atom stereocenters. The van der Waals surface area contributed by atoms with Crippen molar-refractivity contribution in [2.45, 2.75) is 19.8 Å². The Balaban J connectivity index is 2.12. The van der Waals surface area contributed by atoms with Gasteiger partial charge < -0.3 is 5.32 Å². The summed E-state index contributed by atoms with van der Waals surface area (Å²) >= 11 is 3.26. The first-order chi connectivity index (χ1) is 5.29. The molecule has 1 aliphatic carbocycles. The van der Waals surface area contributed by atoms with Gasteiger partial charge in [0.15, 0.2) is 0 Å². The first-order valence-corrected chi connectivity index (χ1v) is 5.25. The van der Waals surface area contributed by atoms with Crippen molar-refractivity contribution in [3.63, 3.8) is 0 Å². The van der Waals surface area contributed by atoms with Crippen LogP contribution >= 0.6 is 15.9 Å². The van der Waals surface area contributed by atoms with Crippen molar-refractivity contribution in [2.24, 2.45) is 11.8 Å². The number of alkyl halides is 1. The van der Waals surface area contributed by atoms with Crippen molar-refractivity contribution < 1.29 is 4.79 Å².